The van der Waals surface area contributed by atoms with E-state index in [4.69, 9.17) is 24.4 Å². The van der Waals surface area contributed by atoms with Gasteiger partial charge >= 0.3 is 0 Å². The summed E-state index contributed by atoms with van der Waals surface area (Å²) >= 11 is 0. The molecule has 0 spiro atoms. The van der Waals surface area contributed by atoms with E-state index in [0.29, 0.717) is 38.7 Å². The van der Waals surface area contributed by atoms with Crippen LogP contribution in [0.1, 0.15) is 41.3 Å². The highest BCUT2D eigenvalue weighted by atomic mass is 16.5. The minimum atomic E-state index is -0.147. The molecule has 0 atom stereocenters. The van der Waals surface area contributed by atoms with Crippen molar-refractivity contribution in [3.8, 4) is 28.8 Å². The number of ether oxygens (including phenoxy) is 2. The first-order valence-electron chi connectivity index (χ1n) is 13.2. The summed E-state index contributed by atoms with van der Waals surface area (Å²) in [7, 11) is 0. The number of aromatic nitrogens is 4. The molecule has 10 heteroatoms. The van der Waals surface area contributed by atoms with Crippen LogP contribution in [0, 0.1) is 32.6 Å². The number of fused-ring (bicyclic) bond motifs is 2. The Morgan fingerprint density at radius 3 is 2.54 bits per heavy atom. The fourth-order valence-corrected chi connectivity index (χ4v) is 5.46. The fourth-order valence-electron chi connectivity index (χ4n) is 5.46. The molecule has 200 valence electrons. The van der Waals surface area contributed by atoms with Crippen LogP contribution in [-0.4, -0.2) is 70.1 Å². The summed E-state index contributed by atoms with van der Waals surface area (Å²) in [5.41, 5.74) is 7.11. The van der Waals surface area contributed by atoms with E-state index in [1.807, 2.05) is 39.1 Å². The number of carbonyl (C=O) groups excluding carboxylic acids is 1. The maximum Gasteiger partial charge on any atom is 0.298 e. The number of rotatable bonds is 3. The molecular formula is C29H31N7O3. The fraction of sp³-hybridized carbons (Fsp3) is 0.414. The second-order valence-corrected chi connectivity index (χ2v) is 10.0. The molecule has 0 aromatic carbocycles. The molecule has 0 unspecified atom stereocenters. The maximum absolute atomic E-state index is 12.0. The largest absolute Gasteiger partial charge is 0.485 e. The zero-order valence-electron chi connectivity index (χ0n) is 22.7. The van der Waals surface area contributed by atoms with Gasteiger partial charge in [0.2, 0.25) is 0 Å². The molecular weight excluding hydrogens is 494 g/mol. The molecule has 39 heavy (non-hydrogen) atoms. The lowest BCUT2D eigenvalue weighted by molar-refractivity contribution is -0.129. The predicted molar refractivity (Wildman–Crippen MR) is 147 cm³/mol. The van der Waals surface area contributed by atoms with Gasteiger partial charge in [-0.15, -0.1) is 0 Å². The average molecular weight is 526 g/mol. The first-order valence-corrected chi connectivity index (χ1v) is 13.2. The standard InChI is InChI=1S/C29H31N7O3/c1-5-6-25(37)36-14-20(15-36)28-32-17(2)26(18(3)33-28)22-13-23-27(19(4)31-22)39-16-21-24(7-8-30-29(21)34-23)35-9-11-38-12-10-35/h7-8,13,20H,9-12,14-16H2,1-4H3,(H,30,34). The van der Waals surface area contributed by atoms with Crippen LogP contribution in [0.25, 0.3) is 11.3 Å². The first-order chi connectivity index (χ1) is 18.9. The summed E-state index contributed by atoms with van der Waals surface area (Å²) in [6.45, 7) is 12.3. The van der Waals surface area contributed by atoms with Gasteiger partial charge < -0.3 is 24.6 Å². The molecule has 6 heterocycles. The summed E-state index contributed by atoms with van der Waals surface area (Å²) in [5, 5.41) is 3.52. The monoisotopic (exact) mass is 525 g/mol. The lowest BCUT2D eigenvalue weighted by Crippen LogP contribution is -2.48. The van der Waals surface area contributed by atoms with E-state index in [2.05, 4.69) is 27.0 Å². The molecule has 6 rings (SSSR count). The topological polar surface area (TPSA) is 106 Å². The zero-order valence-corrected chi connectivity index (χ0v) is 22.7. The van der Waals surface area contributed by atoms with E-state index in [9.17, 15) is 4.79 Å². The van der Waals surface area contributed by atoms with E-state index in [1.54, 1.807) is 11.8 Å². The first kappa shape index (κ1) is 25.1. The Bertz CT molecular complexity index is 1490. The van der Waals surface area contributed by atoms with Crippen LogP contribution in [0.15, 0.2) is 18.3 Å². The number of pyridine rings is 2. The molecule has 2 fully saturated rings. The van der Waals surface area contributed by atoms with Gasteiger partial charge in [-0.2, -0.15) is 0 Å². The molecule has 0 aliphatic carbocycles. The predicted octanol–water partition coefficient (Wildman–Crippen LogP) is 3.28. The zero-order chi connectivity index (χ0) is 27.1. The number of morpholine rings is 1. The van der Waals surface area contributed by atoms with Crippen LogP contribution in [0.5, 0.6) is 5.75 Å². The van der Waals surface area contributed by atoms with E-state index >= 15 is 0 Å². The smallest absolute Gasteiger partial charge is 0.298 e. The van der Waals surface area contributed by atoms with Crippen molar-refractivity contribution in [1.29, 1.82) is 0 Å². The third-order valence-electron chi connectivity index (χ3n) is 7.45. The molecule has 10 nitrogen and oxygen atoms in total. The third kappa shape index (κ3) is 4.63. The van der Waals surface area contributed by atoms with Gasteiger partial charge in [-0.1, -0.05) is 5.92 Å². The van der Waals surface area contributed by atoms with Crippen molar-refractivity contribution in [2.75, 3.05) is 49.6 Å². The molecule has 0 saturated carbocycles. The summed E-state index contributed by atoms with van der Waals surface area (Å²) in [4.78, 5) is 35.2. The molecule has 1 N–H and O–H groups in total. The van der Waals surface area contributed by atoms with Crippen LogP contribution in [0.2, 0.25) is 0 Å². The van der Waals surface area contributed by atoms with Crippen LogP contribution in [0.4, 0.5) is 17.2 Å². The van der Waals surface area contributed by atoms with E-state index in [0.717, 1.165) is 70.0 Å². The molecule has 3 aliphatic heterocycles. The third-order valence-corrected chi connectivity index (χ3v) is 7.45. The lowest BCUT2D eigenvalue weighted by Gasteiger charge is -2.37. The Labute approximate surface area is 227 Å². The number of hydrogen-bond acceptors (Lipinski definition) is 9. The number of hydrogen-bond donors (Lipinski definition) is 1. The lowest BCUT2D eigenvalue weighted by atomic mass is 9.98. The molecule has 2 saturated heterocycles. The van der Waals surface area contributed by atoms with Crippen molar-refractivity contribution < 1.29 is 14.3 Å². The van der Waals surface area contributed by atoms with Crippen molar-refractivity contribution in [3.05, 3.63) is 46.8 Å². The van der Waals surface area contributed by atoms with Gasteiger partial charge in [0.1, 0.15) is 18.2 Å². The Morgan fingerprint density at radius 2 is 1.82 bits per heavy atom. The van der Waals surface area contributed by atoms with E-state index < -0.39 is 0 Å². The molecule has 3 aliphatic rings. The number of aryl methyl sites for hydroxylation is 3. The highest BCUT2D eigenvalue weighted by Gasteiger charge is 2.34. The van der Waals surface area contributed by atoms with Gasteiger partial charge in [-0.05, 0) is 45.7 Å². The minimum Gasteiger partial charge on any atom is -0.485 e. The van der Waals surface area contributed by atoms with Crippen molar-refractivity contribution in [2.45, 2.75) is 40.2 Å². The minimum absolute atomic E-state index is 0.110. The highest BCUT2D eigenvalue weighted by Crippen LogP contribution is 2.41. The number of anilines is 3. The summed E-state index contributed by atoms with van der Waals surface area (Å²) in [6.07, 6.45) is 1.83. The van der Waals surface area contributed by atoms with Crippen molar-refractivity contribution >= 4 is 23.1 Å². The summed E-state index contributed by atoms with van der Waals surface area (Å²) < 4.78 is 11.9. The Hall–Kier alpha value is -4.23. The molecule has 3 aromatic rings. The summed E-state index contributed by atoms with van der Waals surface area (Å²) in [5.74, 6) is 7.47. The van der Waals surface area contributed by atoms with Gasteiger partial charge in [0.05, 0.1) is 53.2 Å². The SMILES string of the molecule is CC#CC(=O)N1CC(c2nc(C)c(-c3cc4c(c(C)n3)OCc3c(N5CCOCC5)ccnc3N4)c(C)n2)C1. The van der Waals surface area contributed by atoms with Gasteiger partial charge in [-0.3, -0.25) is 4.79 Å². The Balaban J connectivity index is 1.29. The van der Waals surface area contributed by atoms with Gasteiger partial charge in [0, 0.05) is 43.6 Å². The van der Waals surface area contributed by atoms with E-state index in [-0.39, 0.29) is 11.8 Å². The van der Waals surface area contributed by atoms with Gasteiger partial charge in [-0.25, -0.2) is 19.9 Å². The van der Waals surface area contributed by atoms with Crippen molar-refractivity contribution in [3.63, 3.8) is 0 Å². The summed E-state index contributed by atoms with van der Waals surface area (Å²) in [6, 6.07) is 4.04. The van der Waals surface area contributed by atoms with Gasteiger partial charge in [0.25, 0.3) is 5.91 Å². The van der Waals surface area contributed by atoms with Crippen LogP contribution >= 0.6 is 0 Å². The number of likely N-dealkylation sites (tertiary alicyclic amines) is 1. The number of nitrogens with zero attached hydrogens (tertiary/aromatic N) is 6. The van der Waals surface area contributed by atoms with Crippen molar-refractivity contribution in [2.24, 2.45) is 0 Å². The Kier molecular flexibility index (Phi) is 6.53. The van der Waals surface area contributed by atoms with E-state index in [1.165, 1.54) is 0 Å². The second-order valence-electron chi connectivity index (χ2n) is 10.0. The highest BCUT2D eigenvalue weighted by molar-refractivity contribution is 5.94. The number of nitrogens with one attached hydrogen (secondary N) is 1. The normalized spacial score (nSPS) is 16.5. The quantitative estimate of drug-likeness (QED) is 0.516. The van der Waals surface area contributed by atoms with Crippen LogP contribution in [-0.2, 0) is 16.1 Å². The Morgan fingerprint density at radius 1 is 1.08 bits per heavy atom. The average Bonchev–Trinajstić information content (AvgIpc) is 3.08. The van der Waals surface area contributed by atoms with Crippen LogP contribution < -0.4 is 15.0 Å². The molecule has 1 amide bonds. The molecule has 3 aromatic heterocycles. The van der Waals surface area contributed by atoms with Crippen LogP contribution in [0.3, 0.4) is 0 Å². The number of carbonyl (C=O) groups is 1. The molecule has 0 bridgehead atoms. The number of amides is 1. The molecule has 0 radical (unpaired) electrons. The van der Waals surface area contributed by atoms with Crippen molar-refractivity contribution in [1.82, 2.24) is 24.8 Å². The maximum atomic E-state index is 12.0. The second kappa shape index (κ2) is 10.2. The van der Waals surface area contributed by atoms with Gasteiger partial charge in [0.15, 0.2) is 5.75 Å².